The smallest absolute Gasteiger partial charge is 0.155 e. The molecule has 0 aliphatic rings. The largest absolute Gasteiger partial charge is 0.505 e. The SMILES string of the molecule is [B]c1cc(Br)c(O)c2nc(CNc3cc(Br)cc(Br)c3)ccc12. The Morgan fingerprint density at radius 3 is 2.43 bits per heavy atom. The zero-order valence-electron chi connectivity index (χ0n) is 11.8. The average molecular weight is 497 g/mol. The third kappa shape index (κ3) is 3.73. The second-order valence-corrected chi connectivity index (χ2v) is 7.69. The molecule has 0 aliphatic heterocycles. The van der Waals surface area contributed by atoms with Crippen LogP contribution >= 0.6 is 47.8 Å². The molecule has 2 radical (unpaired) electrons. The first kappa shape index (κ1) is 16.8. The van der Waals surface area contributed by atoms with Gasteiger partial charge in [0, 0.05) is 14.6 Å². The van der Waals surface area contributed by atoms with Crippen LogP contribution in [0.1, 0.15) is 5.69 Å². The lowest BCUT2D eigenvalue weighted by molar-refractivity contribution is 0.477. The van der Waals surface area contributed by atoms with Gasteiger partial charge in [0.25, 0.3) is 0 Å². The average Bonchev–Trinajstić information content (AvgIpc) is 2.49. The molecular weight excluding hydrogens is 487 g/mol. The molecule has 0 atom stereocenters. The highest BCUT2D eigenvalue weighted by molar-refractivity contribution is 9.11. The van der Waals surface area contributed by atoms with Crippen LogP contribution in [0.4, 0.5) is 5.69 Å². The molecule has 7 heteroatoms. The van der Waals surface area contributed by atoms with Gasteiger partial charge in [0.1, 0.15) is 13.4 Å². The first-order valence-electron chi connectivity index (χ1n) is 6.70. The monoisotopic (exact) mass is 494 g/mol. The molecular formula is C16H10BBr3N2O. The summed E-state index contributed by atoms with van der Waals surface area (Å²) < 4.78 is 2.50. The van der Waals surface area contributed by atoms with Crippen LogP contribution in [0.2, 0.25) is 0 Å². The predicted molar refractivity (Wildman–Crippen MR) is 106 cm³/mol. The highest BCUT2D eigenvalue weighted by atomic mass is 79.9. The van der Waals surface area contributed by atoms with Gasteiger partial charge in [0.05, 0.1) is 16.7 Å². The number of fused-ring (bicyclic) bond motifs is 1. The Morgan fingerprint density at radius 2 is 1.74 bits per heavy atom. The van der Waals surface area contributed by atoms with E-state index in [-0.39, 0.29) is 5.75 Å². The van der Waals surface area contributed by atoms with Crippen LogP contribution in [0.3, 0.4) is 0 Å². The summed E-state index contributed by atoms with van der Waals surface area (Å²) in [5, 5.41) is 14.2. The Labute approximate surface area is 160 Å². The van der Waals surface area contributed by atoms with Crippen LogP contribution in [-0.4, -0.2) is 17.9 Å². The van der Waals surface area contributed by atoms with Gasteiger partial charge in [0.15, 0.2) is 5.75 Å². The van der Waals surface area contributed by atoms with Crippen LogP contribution in [0.25, 0.3) is 10.9 Å². The Kier molecular flexibility index (Phi) is 4.99. The van der Waals surface area contributed by atoms with E-state index in [2.05, 4.69) is 58.1 Å². The minimum Gasteiger partial charge on any atom is -0.505 e. The topological polar surface area (TPSA) is 45.2 Å². The van der Waals surface area contributed by atoms with Gasteiger partial charge in [-0.1, -0.05) is 49.5 Å². The first-order chi connectivity index (χ1) is 10.9. The molecule has 0 unspecified atom stereocenters. The van der Waals surface area contributed by atoms with Crippen molar-refractivity contribution in [1.82, 2.24) is 4.98 Å². The first-order valence-corrected chi connectivity index (χ1v) is 9.08. The lowest BCUT2D eigenvalue weighted by Gasteiger charge is -2.10. The van der Waals surface area contributed by atoms with Crippen LogP contribution < -0.4 is 10.8 Å². The molecule has 0 saturated heterocycles. The highest BCUT2D eigenvalue weighted by Gasteiger charge is 2.09. The number of phenolic OH excluding ortho intramolecular Hbond substituents is 1. The molecule has 0 saturated carbocycles. The maximum Gasteiger partial charge on any atom is 0.155 e. The van der Waals surface area contributed by atoms with Crippen molar-refractivity contribution in [2.24, 2.45) is 0 Å². The van der Waals surface area contributed by atoms with Crippen molar-refractivity contribution in [3.8, 4) is 5.75 Å². The fourth-order valence-corrected chi connectivity index (χ4v) is 3.98. The van der Waals surface area contributed by atoms with E-state index in [1.165, 1.54) is 0 Å². The summed E-state index contributed by atoms with van der Waals surface area (Å²) in [5.41, 5.74) is 2.84. The number of benzene rings is 2. The molecule has 3 rings (SSSR count). The maximum absolute atomic E-state index is 10.2. The van der Waals surface area contributed by atoms with Gasteiger partial charge >= 0.3 is 0 Å². The standard InChI is InChI=1S/C16H10BBr3N2O/c17-13-6-14(20)16(23)15-12(13)2-1-10(22-15)7-21-11-4-8(18)3-9(19)5-11/h1-6,21,23H,7H2. The third-order valence-electron chi connectivity index (χ3n) is 3.33. The number of nitrogens with one attached hydrogen (secondary N) is 1. The van der Waals surface area contributed by atoms with Gasteiger partial charge in [0.2, 0.25) is 0 Å². The number of hydrogen-bond donors (Lipinski definition) is 2. The van der Waals surface area contributed by atoms with Crippen molar-refractivity contribution in [3.63, 3.8) is 0 Å². The summed E-state index contributed by atoms with van der Waals surface area (Å²) in [7, 11) is 5.97. The quantitative estimate of drug-likeness (QED) is 0.520. The number of hydrogen-bond acceptors (Lipinski definition) is 3. The van der Waals surface area contributed by atoms with Crippen molar-refractivity contribution < 1.29 is 5.11 Å². The Morgan fingerprint density at radius 1 is 1.04 bits per heavy atom. The van der Waals surface area contributed by atoms with Gasteiger partial charge in [-0.05, 0) is 45.6 Å². The number of phenols is 1. The normalized spacial score (nSPS) is 10.9. The molecule has 0 spiro atoms. The fourth-order valence-electron chi connectivity index (χ4n) is 2.26. The highest BCUT2D eigenvalue weighted by Crippen LogP contribution is 2.30. The van der Waals surface area contributed by atoms with Crippen molar-refractivity contribution >= 4 is 77.7 Å². The van der Waals surface area contributed by atoms with E-state index in [9.17, 15) is 5.11 Å². The molecule has 3 aromatic rings. The number of aromatic nitrogens is 1. The van der Waals surface area contributed by atoms with Gasteiger partial charge < -0.3 is 10.4 Å². The molecule has 3 nitrogen and oxygen atoms in total. The minimum atomic E-state index is 0.0984. The van der Waals surface area contributed by atoms with E-state index in [1.807, 2.05) is 30.3 Å². The summed E-state index contributed by atoms with van der Waals surface area (Å²) in [6.45, 7) is 0.532. The summed E-state index contributed by atoms with van der Waals surface area (Å²) in [6, 6.07) is 11.4. The molecule has 2 aromatic carbocycles. The number of aromatic hydroxyl groups is 1. The second-order valence-electron chi connectivity index (χ2n) is 5.01. The van der Waals surface area contributed by atoms with Crippen LogP contribution in [-0.2, 0) is 6.54 Å². The molecule has 0 bridgehead atoms. The number of anilines is 1. The molecule has 114 valence electrons. The molecule has 23 heavy (non-hydrogen) atoms. The van der Waals surface area contributed by atoms with Crippen molar-refractivity contribution in [1.29, 1.82) is 0 Å². The summed E-state index contributed by atoms with van der Waals surface area (Å²) in [4.78, 5) is 4.51. The molecule has 1 heterocycles. The Bertz CT molecular complexity index is 882. The van der Waals surface area contributed by atoms with E-state index in [4.69, 9.17) is 7.85 Å². The van der Waals surface area contributed by atoms with Crippen LogP contribution in [0, 0.1) is 0 Å². The van der Waals surface area contributed by atoms with Gasteiger partial charge in [-0.3, -0.25) is 0 Å². The van der Waals surface area contributed by atoms with Crippen molar-refractivity contribution in [2.45, 2.75) is 6.54 Å². The molecule has 0 amide bonds. The van der Waals surface area contributed by atoms with Gasteiger partial charge in [-0.25, -0.2) is 4.98 Å². The predicted octanol–water partition coefficient (Wildman–Crippen LogP) is 4.63. The number of halogens is 3. The molecule has 0 aliphatic carbocycles. The number of pyridine rings is 1. The minimum absolute atomic E-state index is 0.0984. The van der Waals surface area contributed by atoms with E-state index < -0.39 is 0 Å². The van der Waals surface area contributed by atoms with Crippen molar-refractivity contribution in [2.75, 3.05) is 5.32 Å². The van der Waals surface area contributed by atoms with E-state index in [0.717, 1.165) is 25.7 Å². The van der Waals surface area contributed by atoms with Crippen molar-refractivity contribution in [3.05, 3.63) is 55.5 Å². The van der Waals surface area contributed by atoms with Crippen LogP contribution in [0.5, 0.6) is 5.75 Å². The summed E-state index contributed by atoms with van der Waals surface area (Å²) in [5.74, 6) is 0.0984. The summed E-state index contributed by atoms with van der Waals surface area (Å²) in [6.07, 6.45) is 0. The Balaban J connectivity index is 1.90. The Hall–Kier alpha value is -1.05. The third-order valence-corrected chi connectivity index (χ3v) is 4.85. The zero-order chi connectivity index (χ0) is 16.6. The lowest BCUT2D eigenvalue weighted by atomic mass is 9.91. The molecule has 1 aromatic heterocycles. The number of nitrogens with zero attached hydrogens (tertiary/aromatic N) is 1. The number of rotatable bonds is 3. The van der Waals surface area contributed by atoms with Gasteiger partial charge in [-0.15, -0.1) is 0 Å². The van der Waals surface area contributed by atoms with E-state index >= 15 is 0 Å². The second kappa shape index (κ2) is 6.83. The summed E-state index contributed by atoms with van der Waals surface area (Å²) >= 11 is 10.2. The van der Waals surface area contributed by atoms with Gasteiger partial charge in [-0.2, -0.15) is 0 Å². The zero-order valence-corrected chi connectivity index (χ0v) is 16.5. The van der Waals surface area contributed by atoms with E-state index in [0.29, 0.717) is 22.0 Å². The van der Waals surface area contributed by atoms with Crippen LogP contribution in [0.15, 0.2) is 49.8 Å². The molecule has 2 N–H and O–H groups in total. The maximum atomic E-state index is 10.2. The van der Waals surface area contributed by atoms with E-state index in [1.54, 1.807) is 6.07 Å². The fraction of sp³-hybridized carbons (Fsp3) is 0.0625. The molecule has 0 fully saturated rings. The lowest BCUT2D eigenvalue weighted by Crippen LogP contribution is -2.07.